The average molecular weight is 464 g/mol. The number of carbonyl (C=O) groups excluding carboxylic acids is 2. The largest absolute Gasteiger partial charge is 0.449 e. The number of aryl methyl sites for hydroxylation is 1. The number of nitrogens with one attached hydrogen (secondary N) is 2. The zero-order chi connectivity index (χ0) is 24.8. The number of amides is 2. The zero-order valence-electron chi connectivity index (χ0n) is 22.0. The first kappa shape index (κ1) is 27.1. The molecule has 1 fully saturated rings. The van der Waals surface area contributed by atoms with Gasteiger partial charge in [0.1, 0.15) is 0 Å². The summed E-state index contributed by atoms with van der Waals surface area (Å²) in [7, 11) is 0. The molecule has 2 amide bonds. The second-order valence-electron chi connectivity index (χ2n) is 11.3. The molecule has 0 radical (unpaired) electrons. The van der Waals surface area contributed by atoms with Gasteiger partial charge in [0.05, 0.1) is 23.5 Å². The van der Waals surface area contributed by atoms with Gasteiger partial charge in [0, 0.05) is 18.5 Å². The second-order valence-corrected chi connectivity index (χ2v) is 11.3. The van der Waals surface area contributed by atoms with Crippen LogP contribution < -0.4 is 10.6 Å². The normalized spacial score (nSPS) is 20.4. The van der Waals surface area contributed by atoms with E-state index in [-0.39, 0.29) is 17.0 Å². The van der Waals surface area contributed by atoms with Gasteiger partial charge in [0.25, 0.3) is 0 Å². The van der Waals surface area contributed by atoms with Crippen LogP contribution in [0, 0.1) is 17.8 Å². The number of aromatic nitrogens is 3. The van der Waals surface area contributed by atoms with E-state index in [1.807, 2.05) is 20.8 Å². The van der Waals surface area contributed by atoms with E-state index in [2.05, 4.69) is 60.2 Å². The van der Waals surface area contributed by atoms with Crippen LogP contribution in [0.2, 0.25) is 0 Å². The minimum atomic E-state index is -0.394. The third-order valence-corrected chi connectivity index (χ3v) is 6.28. The predicted octanol–water partition coefficient (Wildman–Crippen LogP) is 4.22. The smallest absolute Gasteiger partial charge is 0.407 e. The van der Waals surface area contributed by atoms with Gasteiger partial charge in [-0.05, 0) is 85.0 Å². The van der Waals surface area contributed by atoms with Crippen LogP contribution in [0.25, 0.3) is 0 Å². The number of ether oxygens (including phenoxy) is 1. The third-order valence-electron chi connectivity index (χ3n) is 6.28. The molecule has 2 N–H and O–H groups in total. The molecule has 0 saturated heterocycles. The van der Waals surface area contributed by atoms with E-state index < -0.39 is 6.09 Å². The lowest BCUT2D eigenvalue weighted by molar-refractivity contribution is -0.122. The maximum atomic E-state index is 12.1. The van der Waals surface area contributed by atoms with E-state index in [0.29, 0.717) is 43.7 Å². The Labute approximate surface area is 199 Å². The number of hydrogen-bond donors (Lipinski definition) is 2. The van der Waals surface area contributed by atoms with Crippen molar-refractivity contribution < 1.29 is 14.3 Å². The summed E-state index contributed by atoms with van der Waals surface area (Å²) in [5.74, 6) is 1.58. The Bertz CT molecular complexity index is 791. The number of rotatable bonds is 11. The highest BCUT2D eigenvalue weighted by atomic mass is 16.5. The molecule has 1 aromatic heterocycles. The van der Waals surface area contributed by atoms with Crippen molar-refractivity contribution in [3.63, 3.8) is 0 Å². The molecule has 1 aliphatic carbocycles. The Kier molecular flexibility index (Phi) is 9.32. The summed E-state index contributed by atoms with van der Waals surface area (Å²) in [6.07, 6.45) is 4.59. The standard InChI is InChI=1S/C25H45N5O3/c1-9-17-18(13-14-21-20(10-2)28-29-30(21)25(6,7)8)19(17)16-33-23(32)26-15-11-12-22(31)27-24(3,4)5/h17-19H,9-16H2,1-8H3,(H,26,32)(H,27,31)/t17-,18+,19-/m1/s1. The minimum Gasteiger partial charge on any atom is -0.449 e. The van der Waals surface area contributed by atoms with Crippen LogP contribution >= 0.6 is 0 Å². The van der Waals surface area contributed by atoms with E-state index in [9.17, 15) is 9.59 Å². The van der Waals surface area contributed by atoms with Crippen molar-refractivity contribution in [1.29, 1.82) is 0 Å². The van der Waals surface area contributed by atoms with E-state index in [1.54, 1.807) is 0 Å². The summed E-state index contributed by atoms with van der Waals surface area (Å²) in [4.78, 5) is 23.9. The summed E-state index contributed by atoms with van der Waals surface area (Å²) < 4.78 is 7.56. The molecule has 8 nitrogen and oxygen atoms in total. The van der Waals surface area contributed by atoms with Crippen LogP contribution in [-0.4, -0.2) is 45.7 Å². The van der Waals surface area contributed by atoms with Gasteiger partial charge in [-0.2, -0.15) is 0 Å². The fourth-order valence-corrected chi connectivity index (χ4v) is 4.65. The molecule has 1 saturated carbocycles. The molecule has 188 valence electrons. The molecule has 2 rings (SSSR count). The van der Waals surface area contributed by atoms with Crippen molar-refractivity contribution in [3.8, 4) is 0 Å². The highest BCUT2D eigenvalue weighted by molar-refractivity contribution is 5.76. The topological polar surface area (TPSA) is 98.1 Å². The van der Waals surface area contributed by atoms with Gasteiger partial charge < -0.3 is 15.4 Å². The van der Waals surface area contributed by atoms with Gasteiger partial charge in [-0.25, -0.2) is 9.48 Å². The number of nitrogens with zero attached hydrogens (tertiary/aromatic N) is 3. The first-order valence-electron chi connectivity index (χ1n) is 12.5. The van der Waals surface area contributed by atoms with Crippen LogP contribution in [0.15, 0.2) is 0 Å². The van der Waals surface area contributed by atoms with E-state index in [4.69, 9.17) is 4.74 Å². The fraction of sp³-hybridized carbons (Fsp3) is 0.840. The van der Waals surface area contributed by atoms with Crippen molar-refractivity contribution in [1.82, 2.24) is 25.6 Å². The quantitative estimate of drug-likeness (QED) is 0.479. The van der Waals surface area contributed by atoms with Crippen LogP contribution in [0.4, 0.5) is 4.79 Å². The van der Waals surface area contributed by atoms with Gasteiger partial charge in [-0.1, -0.05) is 25.5 Å². The maximum absolute atomic E-state index is 12.1. The molecule has 0 unspecified atom stereocenters. The van der Waals surface area contributed by atoms with Crippen LogP contribution in [0.3, 0.4) is 0 Å². The number of hydrogen-bond acceptors (Lipinski definition) is 5. The first-order chi connectivity index (χ1) is 15.4. The van der Waals surface area contributed by atoms with Crippen LogP contribution in [0.5, 0.6) is 0 Å². The first-order valence-corrected chi connectivity index (χ1v) is 12.5. The molecule has 1 aromatic rings. The van der Waals surface area contributed by atoms with Crippen molar-refractivity contribution >= 4 is 12.0 Å². The Morgan fingerprint density at radius 1 is 1.06 bits per heavy atom. The third kappa shape index (κ3) is 8.31. The number of alkyl carbamates (subject to hydrolysis) is 1. The Hall–Kier alpha value is -2.12. The van der Waals surface area contributed by atoms with Gasteiger partial charge in [-0.15, -0.1) is 5.10 Å². The highest BCUT2D eigenvalue weighted by Gasteiger charge is 2.48. The molecule has 8 heteroatoms. The Morgan fingerprint density at radius 3 is 2.33 bits per heavy atom. The summed E-state index contributed by atoms with van der Waals surface area (Å²) in [6, 6.07) is 0. The molecule has 0 spiro atoms. The number of carbonyl (C=O) groups is 2. The van der Waals surface area contributed by atoms with E-state index in [1.165, 1.54) is 5.69 Å². The lowest BCUT2D eigenvalue weighted by atomic mass is 10.0. The lowest BCUT2D eigenvalue weighted by Gasteiger charge is -2.21. The van der Waals surface area contributed by atoms with Crippen molar-refractivity contribution in [2.24, 2.45) is 17.8 Å². The molecule has 1 heterocycles. The van der Waals surface area contributed by atoms with Gasteiger partial charge >= 0.3 is 6.09 Å². The van der Waals surface area contributed by atoms with Crippen molar-refractivity contribution in [3.05, 3.63) is 11.4 Å². The second kappa shape index (κ2) is 11.3. The molecule has 0 aromatic carbocycles. The lowest BCUT2D eigenvalue weighted by Crippen LogP contribution is -2.40. The fourth-order valence-electron chi connectivity index (χ4n) is 4.65. The van der Waals surface area contributed by atoms with Crippen LogP contribution in [-0.2, 0) is 27.9 Å². The molecular formula is C25H45N5O3. The van der Waals surface area contributed by atoms with Gasteiger partial charge in [0.15, 0.2) is 0 Å². The highest BCUT2D eigenvalue weighted by Crippen LogP contribution is 2.51. The molecule has 3 atom stereocenters. The monoisotopic (exact) mass is 463 g/mol. The Balaban J connectivity index is 1.74. The SMILES string of the molecule is CCc1nnn(C(C)(C)C)c1CC[C@H]1[C@@H](CC)[C@H]1COC(=O)NCCCC(=O)NC(C)(C)C. The summed E-state index contributed by atoms with van der Waals surface area (Å²) >= 11 is 0. The van der Waals surface area contributed by atoms with Gasteiger partial charge in [-0.3, -0.25) is 4.79 Å². The van der Waals surface area contributed by atoms with E-state index >= 15 is 0 Å². The predicted molar refractivity (Wildman–Crippen MR) is 130 cm³/mol. The maximum Gasteiger partial charge on any atom is 0.407 e. The van der Waals surface area contributed by atoms with Crippen LogP contribution in [0.1, 0.15) is 92.5 Å². The van der Waals surface area contributed by atoms with E-state index in [0.717, 1.165) is 31.4 Å². The molecule has 0 aliphatic heterocycles. The van der Waals surface area contributed by atoms with Gasteiger partial charge in [0.2, 0.25) is 5.91 Å². The molecule has 33 heavy (non-hydrogen) atoms. The Morgan fingerprint density at radius 2 is 1.76 bits per heavy atom. The molecule has 0 bridgehead atoms. The van der Waals surface area contributed by atoms with Crippen molar-refractivity contribution in [2.45, 2.75) is 105 Å². The summed E-state index contributed by atoms with van der Waals surface area (Å²) in [6.45, 7) is 17.5. The zero-order valence-corrected chi connectivity index (χ0v) is 22.0. The summed E-state index contributed by atoms with van der Waals surface area (Å²) in [5, 5.41) is 14.5. The average Bonchev–Trinajstić information content (AvgIpc) is 3.20. The molecule has 1 aliphatic rings. The minimum absolute atomic E-state index is 0.00138. The summed E-state index contributed by atoms with van der Waals surface area (Å²) in [5.41, 5.74) is 2.00. The van der Waals surface area contributed by atoms with Crippen molar-refractivity contribution in [2.75, 3.05) is 13.2 Å². The molecular weight excluding hydrogens is 418 g/mol.